The van der Waals surface area contributed by atoms with E-state index in [0.717, 1.165) is 31.5 Å². The maximum absolute atomic E-state index is 11.6. The Kier molecular flexibility index (Phi) is 5.78. The Morgan fingerprint density at radius 1 is 1.44 bits per heavy atom. The lowest BCUT2D eigenvalue weighted by molar-refractivity contribution is -0.197. The lowest BCUT2D eigenvalue weighted by atomic mass is 9.85. The summed E-state index contributed by atoms with van der Waals surface area (Å²) < 4.78 is 35.4. The van der Waals surface area contributed by atoms with Crippen LogP contribution in [-0.2, 0) is 25.9 Å². The van der Waals surface area contributed by atoms with E-state index in [1.54, 1.807) is 13.1 Å². The summed E-state index contributed by atoms with van der Waals surface area (Å²) in [5, 5.41) is 0. The van der Waals surface area contributed by atoms with Crippen molar-refractivity contribution in [1.29, 1.82) is 0 Å². The number of pyridine rings is 1. The maximum Gasteiger partial charge on any atom is 0.151 e. The van der Waals surface area contributed by atoms with Crippen LogP contribution in [0.2, 0.25) is 0 Å². The van der Waals surface area contributed by atoms with Crippen molar-refractivity contribution in [3.05, 3.63) is 29.6 Å². The van der Waals surface area contributed by atoms with E-state index in [0.29, 0.717) is 19.8 Å². The number of hydrogen-bond donors (Lipinski definition) is 0. The second-order valence-corrected chi connectivity index (χ2v) is 9.68. The molecule has 0 bridgehead atoms. The van der Waals surface area contributed by atoms with Crippen LogP contribution in [0, 0.1) is 6.92 Å². The van der Waals surface area contributed by atoms with Gasteiger partial charge in [0.25, 0.3) is 0 Å². The van der Waals surface area contributed by atoms with Crippen molar-refractivity contribution in [2.24, 2.45) is 0 Å². The predicted molar refractivity (Wildman–Crippen MR) is 96.2 cm³/mol. The van der Waals surface area contributed by atoms with Crippen LogP contribution in [0.15, 0.2) is 18.5 Å². The molecule has 6 nitrogen and oxygen atoms in total. The zero-order chi connectivity index (χ0) is 17.9. The third-order valence-electron chi connectivity index (χ3n) is 5.25. The Balaban J connectivity index is 1.45. The molecule has 0 N–H and O–H groups in total. The quantitative estimate of drug-likeness (QED) is 0.728. The molecule has 2 aliphatic heterocycles. The van der Waals surface area contributed by atoms with Crippen LogP contribution in [0.1, 0.15) is 30.9 Å². The molecule has 3 heterocycles. The van der Waals surface area contributed by atoms with Gasteiger partial charge in [0.15, 0.2) is 9.84 Å². The van der Waals surface area contributed by atoms with Gasteiger partial charge in [0, 0.05) is 50.8 Å². The summed E-state index contributed by atoms with van der Waals surface area (Å²) in [6.07, 6.45) is 5.64. The van der Waals surface area contributed by atoms with Crippen molar-refractivity contribution < 1.29 is 17.9 Å². The molecule has 140 valence electrons. The van der Waals surface area contributed by atoms with Gasteiger partial charge >= 0.3 is 0 Å². The number of aromatic nitrogens is 1. The summed E-state index contributed by atoms with van der Waals surface area (Å²) >= 11 is 0. The highest BCUT2D eigenvalue weighted by atomic mass is 32.2. The molecule has 0 radical (unpaired) electrons. The van der Waals surface area contributed by atoms with Crippen LogP contribution < -0.4 is 0 Å². The second-order valence-electron chi connectivity index (χ2n) is 7.21. The lowest BCUT2D eigenvalue weighted by Gasteiger charge is -2.53. The Morgan fingerprint density at radius 3 is 2.96 bits per heavy atom. The lowest BCUT2D eigenvalue weighted by Crippen LogP contribution is -2.66. The predicted octanol–water partition coefficient (Wildman–Crippen LogP) is 1.57. The van der Waals surface area contributed by atoms with Crippen molar-refractivity contribution >= 4 is 9.84 Å². The number of aryl methyl sites for hydroxylation is 1. The van der Waals surface area contributed by atoms with E-state index in [2.05, 4.69) is 16.8 Å². The first kappa shape index (κ1) is 18.8. The van der Waals surface area contributed by atoms with Gasteiger partial charge in [0.1, 0.15) is 0 Å². The molecular weight excluding hydrogens is 340 g/mol. The Labute approximate surface area is 150 Å². The van der Waals surface area contributed by atoms with Gasteiger partial charge in [-0.25, -0.2) is 8.42 Å². The SMILES string of the molecule is CCS(=O)(=O)CCN1CC2(C[C@H](OCc3cnccc3C)CCO2)C1. The monoisotopic (exact) mass is 368 g/mol. The molecule has 0 aromatic carbocycles. The molecular formula is C18H28N2O4S. The van der Waals surface area contributed by atoms with Gasteiger partial charge in [0.2, 0.25) is 0 Å². The first-order valence-electron chi connectivity index (χ1n) is 8.99. The Hall–Kier alpha value is -1.02. The number of nitrogens with zero attached hydrogens (tertiary/aromatic N) is 2. The first-order valence-corrected chi connectivity index (χ1v) is 10.8. The summed E-state index contributed by atoms with van der Waals surface area (Å²) in [4.78, 5) is 6.33. The van der Waals surface area contributed by atoms with Crippen molar-refractivity contribution in [3.8, 4) is 0 Å². The fraction of sp³-hybridized carbons (Fsp3) is 0.722. The number of likely N-dealkylation sites (tertiary alicyclic amines) is 1. The highest BCUT2D eigenvalue weighted by Gasteiger charge is 2.47. The van der Waals surface area contributed by atoms with Crippen LogP contribution in [-0.4, -0.2) is 67.8 Å². The summed E-state index contributed by atoms with van der Waals surface area (Å²) in [5.41, 5.74) is 2.18. The van der Waals surface area contributed by atoms with Gasteiger partial charge in [-0.2, -0.15) is 0 Å². The van der Waals surface area contributed by atoms with Crippen molar-refractivity contribution in [3.63, 3.8) is 0 Å². The third kappa shape index (κ3) is 4.78. The molecule has 25 heavy (non-hydrogen) atoms. The highest BCUT2D eigenvalue weighted by Crippen LogP contribution is 2.35. The van der Waals surface area contributed by atoms with Gasteiger partial charge in [-0.05, 0) is 30.5 Å². The van der Waals surface area contributed by atoms with E-state index < -0.39 is 9.84 Å². The molecule has 1 spiro atoms. The smallest absolute Gasteiger partial charge is 0.151 e. The molecule has 0 saturated carbocycles. The van der Waals surface area contributed by atoms with Gasteiger partial charge in [0.05, 0.1) is 24.1 Å². The summed E-state index contributed by atoms with van der Waals surface area (Å²) in [7, 11) is -2.90. The van der Waals surface area contributed by atoms with Crippen LogP contribution in [0.3, 0.4) is 0 Å². The summed E-state index contributed by atoms with van der Waals surface area (Å²) in [6.45, 7) is 7.26. The molecule has 7 heteroatoms. The average Bonchev–Trinajstić information content (AvgIpc) is 2.58. The molecule has 0 aliphatic carbocycles. The third-order valence-corrected chi connectivity index (χ3v) is 6.94. The molecule has 3 rings (SSSR count). The van der Waals surface area contributed by atoms with E-state index in [9.17, 15) is 8.42 Å². The van der Waals surface area contributed by atoms with Crippen LogP contribution >= 0.6 is 0 Å². The van der Waals surface area contributed by atoms with Gasteiger partial charge < -0.3 is 9.47 Å². The standard InChI is InChI=1S/C18H28N2O4S/c1-3-25(21,22)9-7-20-13-18(14-20)10-17(5-8-24-18)23-12-16-11-19-6-4-15(16)2/h4,6,11,17H,3,5,7-10,12-14H2,1-2H3/t17-/m1/s1. The fourth-order valence-electron chi connectivity index (χ4n) is 3.54. The Bertz CT molecular complexity index is 686. The van der Waals surface area contributed by atoms with E-state index >= 15 is 0 Å². The highest BCUT2D eigenvalue weighted by molar-refractivity contribution is 7.91. The van der Waals surface area contributed by atoms with E-state index in [1.807, 2.05) is 12.3 Å². The number of hydrogen-bond acceptors (Lipinski definition) is 6. The number of ether oxygens (including phenoxy) is 2. The van der Waals surface area contributed by atoms with Gasteiger partial charge in [-0.15, -0.1) is 0 Å². The van der Waals surface area contributed by atoms with E-state index in [-0.39, 0.29) is 23.2 Å². The molecule has 0 amide bonds. The molecule has 2 saturated heterocycles. The fourth-order valence-corrected chi connectivity index (χ4v) is 4.37. The molecule has 1 aromatic rings. The van der Waals surface area contributed by atoms with E-state index in [1.165, 1.54) is 5.56 Å². The zero-order valence-electron chi connectivity index (χ0n) is 15.1. The van der Waals surface area contributed by atoms with Crippen molar-refractivity contribution in [2.45, 2.75) is 45.0 Å². The topological polar surface area (TPSA) is 68.7 Å². The summed E-state index contributed by atoms with van der Waals surface area (Å²) in [6, 6.07) is 2.00. The van der Waals surface area contributed by atoms with Crippen molar-refractivity contribution in [2.75, 3.05) is 37.7 Å². The van der Waals surface area contributed by atoms with E-state index in [4.69, 9.17) is 9.47 Å². The normalized spacial score (nSPS) is 23.5. The number of rotatable bonds is 7. The first-order chi connectivity index (χ1) is 11.9. The second kappa shape index (κ2) is 7.70. The number of sulfone groups is 1. The minimum atomic E-state index is -2.90. The largest absolute Gasteiger partial charge is 0.373 e. The molecule has 1 atom stereocenters. The van der Waals surface area contributed by atoms with Crippen LogP contribution in [0.5, 0.6) is 0 Å². The van der Waals surface area contributed by atoms with Crippen LogP contribution in [0.25, 0.3) is 0 Å². The molecule has 1 aromatic heterocycles. The summed E-state index contributed by atoms with van der Waals surface area (Å²) in [5.74, 6) is 0.450. The van der Waals surface area contributed by atoms with Gasteiger partial charge in [-0.3, -0.25) is 9.88 Å². The zero-order valence-corrected chi connectivity index (χ0v) is 15.9. The van der Waals surface area contributed by atoms with Gasteiger partial charge in [-0.1, -0.05) is 6.92 Å². The molecule has 0 unspecified atom stereocenters. The minimum absolute atomic E-state index is 0.150. The van der Waals surface area contributed by atoms with Crippen LogP contribution in [0.4, 0.5) is 0 Å². The maximum atomic E-state index is 11.6. The minimum Gasteiger partial charge on any atom is -0.373 e. The molecule has 2 aliphatic rings. The average molecular weight is 368 g/mol. The molecule has 2 fully saturated rings. The Morgan fingerprint density at radius 2 is 2.24 bits per heavy atom. The van der Waals surface area contributed by atoms with Crippen molar-refractivity contribution in [1.82, 2.24) is 9.88 Å².